The van der Waals surface area contributed by atoms with E-state index in [4.69, 9.17) is 20.4 Å². The number of hydrogen-bond donors (Lipinski definition) is 2. The zero-order valence-electron chi connectivity index (χ0n) is 10.3. The average molecular weight is 230 g/mol. The fraction of sp³-hybridized carbons (Fsp3) is 0.833. The van der Waals surface area contributed by atoms with Gasteiger partial charge in [-0.1, -0.05) is 48.5 Å². The summed E-state index contributed by atoms with van der Waals surface area (Å²) in [6, 6.07) is 0. The maximum atomic E-state index is 8.35. The summed E-state index contributed by atoms with van der Waals surface area (Å²) in [4.78, 5) is 16.7. The van der Waals surface area contributed by atoms with E-state index < -0.39 is 0 Å². The van der Waals surface area contributed by atoms with Crippen molar-refractivity contribution in [3.8, 4) is 0 Å². The topological polar surface area (TPSA) is 81.8 Å². The molecule has 0 unspecified atom stereocenters. The van der Waals surface area contributed by atoms with Crippen molar-refractivity contribution in [2.24, 2.45) is 11.3 Å². The SMILES string of the molecule is C.CCC(C)(C)CC(C)C.N=C=O.N=C=O. The van der Waals surface area contributed by atoms with E-state index in [-0.39, 0.29) is 7.43 Å². The average Bonchev–Trinajstić information content (AvgIpc) is 2.05. The molecule has 0 atom stereocenters. The Balaban J connectivity index is -0.0000000870. The maximum absolute atomic E-state index is 8.35. The summed E-state index contributed by atoms with van der Waals surface area (Å²) in [5, 5.41) is 10.8. The molecule has 0 aliphatic carbocycles. The third kappa shape index (κ3) is 38.6. The first-order valence-corrected chi connectivity index (χ1v) is 4.89. The lowest BCUT2D eigenvalue weighted by Crippen LogP contribution is -2.12. The summed E-state index contributed by atoms with van der Waals surface area (Å²) in [6.45, 7) is 11.5. The molecule has 16 heavy (non-hydrogen) atoms. The van der Waals surface area contributed by atoms with Gasteiger partial charge in [0.05, 0.1) is 0 Å². The number of nitrogens with one attached hydrogen (secondary N) is 2. The van der Waals surface area contributed by atoms with Crippen LogP contribution in [0.4, 0.5) is 0 Å². The summed E-state index contributed by atoms with van der Waals surface area (Å²) < 4.78 is 0. The van der Waals surface area contributed by atoms with Crippen LogP contribution in [0.15, 0.2) is 0 Å². The Morgan fingerprint density at radius 3 is 1.44 bits per heavy atom. The van der Waals surface area contributed by atoms with Crippen LogP contribution in [0, 0.1) is 22.2 Å². The lowest BCUT2D eigenvalue weighted by molar-refractivity contribution is 0.277. The van der Waals surface area contributed by atoms with Crippen LogP contribution in [-0.4, -0.2) is 12.2 Å². The van der Waals surface area contributed by atoms with E-state index in [0.29, 0.717) is 5.41 Å². The van der Waals surface area contributed by atoms with Crippen LogP contribution < -0.4 is 0 Å². The number of rotatable bonds is 3. The quantitative estimate of drug-likeness (QED) is 0.569. The molecule has 0 amide bonds. The zero-order chi connectivity index (χ0) is 12.9. The Morgan fingerprint density at radius 1 is 1.12 bits per heavy atom. The highest BCUT2D eigenvalue weighted by molar-refractivity contribution is 5.26. The van der Waals surface area contributed by atoms with E-state index in [9.17, 15) is 0 Å². The molecule has 0 rings (SSSR count). The maximum Gasteiger partial charge on any atom is 0.231 e. The molecule has 4 heteroatoms. The predicted molar refractivity (Wildman–Crippen MR) is 67.1 cm³/mol. The Hall–Kier alpha value is -1.24. The van der Waals surface area contributed by atoms with Crippen molar-refractivity contribution in [2.45, 2.75) is 54.9 Å². The van der Waals surface area contributed by atoms with Crippen molar-refractivity contribution in [1.82, 2.24) is 0 Å². The molecule has 4 nitrogen and oxygen atoms in total. The highest BCUT2D eigenvalue weighted by Crippen LogP contribution is 2.28. The van der Waals surface area contributed by atoms with Crippen LogP contribution in [0.1, 0.15) is 54.9 Å². The van der Waals surface area contributed by atoms with Gasteiger partial charge in [-0.15, -0.1) is 0 Å². The van der Waals surface area contributed by atoms with Crippen molar-refractivity contribution >= 4 is 12.2 Å². The van der Waals surface area contributed by atoms with Gasteiger partial charge in [-0.25, -0.2) is 20.4 Å². The predicted octanol–water partition coefficient (Wildman–Crippen LogP) is 3.91. The van der Waals surface area contributed by atoms with Crippen LogP contribution in [0.3, 0.4) is 0 Å². The van der Waals surface area contributed by atoms with Crippen LogP contribution in [0.5, 0.6) is 0 Å². The minimum Gasteiger partial charge on any atom is -0.222 e. The number of isocyanates is 2. The van der Waals surface area contributed by atoms with E-state index >= 15 is 0 Å². The van der Waals surface area contributed by atoms with E-state index in [1.54, 1.807) is 0 Å². The smallest absolute Gasteiger partial charge is 0.222 e. The molecule has 0 aliphatic heterocycles. The first-order chi connectivity index (χ1) is 6.81. The second-order valence-corrected chi connectivity index (χ2v) is 4.32. The van der Waals surface area contributed by atoms with Gasteiger partial charge in [-0.05, 0) is 17.8 Å². The summed E-state index contributed by atoms with van der Waals surface area (Å²) in [6.07, 6.45) is 4.15. The van der Waals surface area contributed by atoms with Crippen LogP contribution >= 0.6 is 0 Å². The van der Waals surface area contributed by atoms with E-state index in [0.717, 1.165) is 18.1 Å². The monoisotopic (exact) mass is 230 g/mol. The van der Waals surface area contributed by atoms with Crippen molar-refractivity contribution in [1.29, 1.82) is 10.8 Å². The molecule has 0 radical (unpaired) electrons. The lowest BCUT2D eigenvalue weighted by Gasteiger charge is -2.24. The van der Waals surface area contributed by atoms with E-state index in [1.165, 1.54) is 12.8 Å². The fourth-order valence-corrected chi connectivity index (χ4v) is 1.25. The summed E-state index contributed by atoms with van der Waals surface area (Å²) >= 11 is 0. The first-order valence-electron chi connectivity index (χ1n) is 4.89. The molecule has 0 aromatic heterocycles. The molecule has 2 N–H and O–H groups in total. The molecule has 0 bridgehead atoms. The van der Waals surface area contributed by atoms with Gasteiger partial charge in [-0.2, -0.15) is 0 Å². The van der Waals surface area contributed by atoms with Crippen molar-refractivity contribution in [3.05, 3.63) is 0 Å². The van der Waals surface area contributed by atoms with Gasteiger partial charge in [0.25, 0.3) is 0 Å². The lowest BCUT2D eigenvalue weighted by atomic mass is 9.82. The summed E-state index contributed by atoms with van der Waals surface area (Å²) in [5.74, 6) is 0.847. The van der Waals surface area contributed by atoms with Gasteiger partial charge in [0.2, 0.25) is 12.2 Å². The Bertz CT molecular complexity index is 187. The van der Waals surface area contributed by atoms with Gasteiger partial charge in [0, 0.05) is 0 Å². The fourth-order valence-electron chi connectivity index (χ4n) is 1.25. The molecular weight excluding hydrogens is 204 g/mol. The third-order valence-corrected chi connectivity index (χ3v) is 1.92. The van der Waals surface area contributed by atoms with Crippen LogP contribution in [0.25, 0.3) is 0 Å². The Morgan fingerprint density at radius 2 is 1.38 bits per heavy atom. The van der Waals surface area contributed by atoms with E-state index in [2.05, 4.69) is 34.6 Å². The summed E-state index contributed by atoms with van der Waals surface area (Å²) in [7, 11) is 0. The largest absolute Gasteiger partial charge is 0.231 e. The molecule has 0 heterocycles. The third-order valence-electron chi connectivity index (χ3n) is 1.92. The van der Waals surface area contributed by atoms with Gasteiger partial charge in [0.15, 0.2) is 0 Å². The molecule has 0 fully saturated rings. The van der Waals surface area contributed by atoms with E-state index in [1.807, 2.05) is 0 Å². The van der Waals surface area contributed by atoms with Crippen molar-refractivity contribution in [3.63, 3.8) is 0 Å². The first kappa shape index (κ1) is 24.1. The molecular formula is C12H26N2O2. The molecule has 96 valence electrons. The van der Waals surface area contributed by atoms with Gasteiger partial charge >= 0.3 is 0 Å². The Labute approximate surface area is 99.5 Å². The minimum absolute atomic E-state index is 0. The second kappa shape index (κ2) is 16.2. The Kier molecular flexibility index (Phi) is 24.4. The number of hydrogen-bond acceptors (Lipinski definition) is 4. The molecule has 0 aromatic carbocycles. The molecule has 0 saturated carbocycles. The van der Waals surface area contributed by atoms with Gasteiger partial charge < -0.3 is 0 Å². The highest BCUT2D eigenvalue weighted by Gasteiger charge is 2.15. The molecule has 0 aliphatic rings. The molecule has 0 aromatic rings. The minimum atomic E-state index is 0. The van der Waals surface area contributed by atoms with Crippen molar-refractivity contribution in [2.75, 3.05) is 0 Å². The summed E-state index contributed by atoms with van der Waals surface area (Å²) in [5.41, 5.74) is 0.564. The van der Waals surface area contributed by atoms with Gasteiger partial charge in [-0.3, -0.25) is 0 Å². The normalized spacial score (nSPS) is 8.12. The highest BCUT2D eigenvalue weighted by atomic mass is 16.1. The number of carbonyl (C=O) groups excluding carboxylic acids is 2. The van der Waals surface area contributed by atoms with Crippen LogP contribution in [0.2, 0.25) is 0 Å². The zero-order valence-corrected chi connectivity index (χ0v) is 10.3. The van der Waals surface area contributed by atoms with Crippen molar-refractivity contribution < 1.29 is 9.59 Å². The second-order valence-electron chi connectivity index (χ2n) is 4.32. The van der Waals surface area contributed by atoms with Crippen LogP contribution in [-0.2, 0) is 9.59 Å². The standard InChI is InChI=1S/C9H20.2CHNO.CH4/c1-6-9(4,5)7-8(2)3;2*2-1-3;/h8H,6-7H2,1-5H3;2*2H;1H4. The van der Waals surface area contributed by atoms with Gasteiger partial charge in [0.1, 0.15) is 0 Å². The molecule has 0 spiro atoms. The molecule has 0 saturated heterocycles.